The molecule has 0 bridgehead atoms. The van der Waals surface area contributed by atoms with E-state index >= 15 is 0 Å². The van der Waals surface area contributed by atoms with Crippen LogP contribution in [0.4, 0.5) is 0 Å². The highest BCUT2D eigenvalue weighted by Crippen LogP contribution is 2.13. The Morgan fingerprint density at radius 2 is 2.18 bits per heavy atom. The Balaban J connectivity index is 1.82. The number of carbonyl (C=O) groups excluding carboxylic acids is 1. The van der Waals surface area contributed by atoms with Gasteiger partial charge in [0.2, 0.25) is 5.91 Å². The maximum Gasteiger partial charge on any atom is 0.262 e. The highest BCUT2D eigenvalue weighted by Gasteiger charge is 2.07. The molecule has 120 valence electrons. The molecule has 1 N–H and O–H groups in total. The Morgan fingerprint density at radius 1 is 1.41 bits per heavy atom. The summed E-state index contributed by atoms with van der Waals surface area (Å²) in [4.78, 5) is 31.2. The highest BCUT2D eigenvalue weighted by atomic mass is 32.1. The summed E-state index contributed by atoms with van der Waals surface area (Å²) in [5.41, 5.74) is -0.0813. The van der Waals surface area contributed by atoms with Crippen LogP contribution < -0.4 is 10.9 Å². The molecule has 0 radical (unpaired) electrons. The van der Waals surface area contributed by atoms with E-state index in [1.807, 2.05) is 5.38 Å². The highest BCUT2D eigenvalue weighted by molar-refractivity contribution is 7.16. The Kier molecular flexibility index (Phi) is 6.09. The SMILES string of the molecule is CCN(CC)CCNC(=O)CCn1cnc2sccc2c1=O. The van der Waals surface area contributed by atoms with Crippen molar-refractivity contribution in [3.05, 3.63) is 28.1 Å². The molecule has 0 spiro atoms. The molecule has 0 atom stereocenters. The van der Waals surface area contributed by atoms with E-state index in [1.165, 1.54) is 22.2 Å². The van der Waals surface area contributed by atoms with Crippen LogP contribution in [0, 0.1) is 0 Å². The Labute approximate surface area is 133 Å². The molecule has 0 saturated carbocycles. The van der Waals surface area contributed by atoms with Gasteiger partial charge in [-0.25, -0.2) is 4.98 Å². The lowest BCUT2D eigenvalue weighted by Gasteiger charge is -2.17. The number of aromatic nitrogens is 2. The Morgan fingerprint density at radius 3 is 2.91 bits per heavy atom. The summed E-state index contributed by atoms with van der Waals surface area (Å²) in [7, 11) is 0. The first kappa shape index (κ1) is 16.6. The summed E-state index contributed by atoms with van der Waals surface area (Å²) in [6.07, 6.45) is 1.81. The minimum Gasteiger partial charge on any atom is -0.355 e. The van der Waals surface area contributed by atoms with Gasteiger partial charge in [-0.2, -0.15) is 0 Å². The lowest BCUT2D eigenvalue weighted by Crippen LogP contribution is -2.35. The molecule has 0 aliphatic rings. The van der Waals surface area contributed by atoms with Gasteiger partial charge < -0.3 is 10.2 Å². The van der Waals surface area contributed by atoms with E-state index in [-0.39, 0.29) is 17.9 Å². The zero-order valence-electron chi connectivity index (χ0n) is 13.0. The predicted molar refractivity (Wildman–Crippen MR) is 89.3 cm³/mol. The summed E-state index contributed by atoms with van der Waals surface area (Å²) in [5, 5.41) is 5.36. The zero-order valence-corrected chi connectivity index (χ0v) is 13.9. The van der Waals surface area contributed by atoms with E-state index in [9.17, 15) is 9.59 Å². The van der Waals surface area contributed by atoms with Crippen LogP contribution in [0.5, 0.6) is 0 Å². The van der Waals surface area contributed by atoms with Crippen molar-refractivity contribution in [3.63, 3.8) is 0 Å². The lowest BCUT2D eigenvalue weighted by molar-refractivity contribution is -0.121. The third-order valence-corrected chi connectivity index (χ3v) is 4.50. The normalized spacial score (nSPS) is 11.2. The molecule has 1 amide bonds. The number of hydrogen-bond acceptors (Lipinski definition) is 5. The lowest BCUT2D eigenvalue weighted by atomic mass is 10.3. The number of amides is 1. The average Bonchev–Trinajstić information content (AvgIpc) is 3.00. The number of rotatable bonds is 8. The quantitative estimate of drug-likeness (QED) is 0.796. The molecule has 2 rings (SSSR count). The van der Waals surface area contributed by atoms with E-state index in [1.54, 1.807) is 6.07 Å². The van der Waals surface area contributed by atoms with E-state index in [2.05, 4.69) is 29.0 Å². The van der Waals surface area contributed by atoms with Crippen LogP contribution >= 0.6 is 11.3 Å². The molecule has 0 fully saturated rings. The number of likely N-dealkylation sites (N-methyl/N-ethyl adjacent to an activating group) is 1. The van der Waals surface area contributed by atoms with Crippen LogP contribution in [-0.2, 0) is 11.3 Å². The molecule has 2 aromatic rings. The van der Waals surface area contributed by atoms with Crippen molar-refractivity contribution in [2.45, 2.75) is 26.8 Å². The van der Waals surface area contributed by atoms with Crippen LogP contribution in [-0.4, -0.2) is 46.5 Å². The first-order chi connectivity index (χ1) is 10.7. The van der Waals surface area contributed by atoms with E-state index in [0.29, 0.717) is 18.5 Å². The van der Waals surface area contributed by atoms with E-state index < -0.39 is 0 Å². The van der Waals surface area contributed by atoms with Crippen molar-refractivity contribution in [1.82, 2.24) is 19.8 Å². The van der Waals surface area contributed by atoms with Gasteiger partial charge in [-0.15, -0.1) is 11.3 Å². The fraction of sp³-hybridized carbons (Fsp3) is 0.533. The molecule has 0 aliphatic carbocycles. The van der Waals surface area contributed by atoms with Crippen LogP contribution in [0.25, 0.3) is 10.2 Å². The largest absolute Gasteiger partial charge is 0.355 e. The molecule has 0 aromatic carbocycles. The maximum atomic E-state index is 12.2. The number of thiophene rings is 1. The van der Waals surface area contributed by atoms with Crippen molar-refractivity contribution in [2.75, 3.05) is 26.2 Å². The van der Waals surface area contributed by atoms with Crippen molar-refractivity contribution < 1.29 is 4.79 Å². The van der Waals surface area contributed by atoms with Crippen molar-refractivity contribution >= 4 is 27.5 Å². The van der Waals surface area contributed by atoms with Crippen LogP contribution in [0.3, 0.4) is 0 Å². The second kappa shape index (κ2) is 8.05. The van der Waals surface area contributed by atoms with Gasteiger partial charge in [0, 0.05) is 26.1 Å². The maximum absolute atomic E-state index is 12.2. The molecule has 0 aliphatic heterocycles. The van der Waals surface area contributed by atoms with Crippen molar-refractivity contribution in [3.8, 4) is 0 Å². The summed E-state index contributed by atoms with van der Waals surface area (Å²) in [5.74, 6) is -0.0375. The number of nitrogens with one attached hydrogen (secondary N) is 1. The van der Waals surface area contributed by atoms with Crippen LogP contribution in [0.2, 0.25) is 0 Å². The van der Waals surface area contributed by atoms with Gasteiger partial charge in [-0.1, -0.05) is 13.8 Å². The third kappa shape index (κ3) is 4.14. The monoisotopic (exact) mass is 322 g/mol. The van der Waals surface area contributed by atoms with E-state index in [0.717, 1.165) is 24.5 Å². The molecule has 22 heavy (non-hydrogen) atoms. The minimum absolute atomic E-state index is 0.0375. The van der Waals surface area contributed by atoms with Crippen LogP contribution in [0.1, 0.15) is 20.3 Å². The molecular formula is C15H22N4O2S. The molecule has 0 saturated heterocycles. The Bertz CT molecular complexity index is 675. The van der Waals surface area contributed by atoms with Gasteiger partial charge >= 0.3 is 0 Å². The molecular weight excluding hydrogens is 300 g/mol. The molecule has 0 unspecified atom stereocenters. The summed E-state index contributed by atoms with van der Waals surface area (Å²) >= 11 is 1.44. The predicted octanol–water partition coefficient (Wildman–Crippen LogP) is 1.31. The van der Waals surface area contributed by atoms with Crippen molar-refractivity contribution in [1.29, 1.82) is 0 Å². The van der Waals surface area contributed by atoms with Gasteiger partial charge in [0.15, 0.2) is 0 Å². The fourth-order valence-corrected chi connectivity index (χ4v) is 2.98. The fourth-order valence-electron chi connectivity index (χ4n) is 2.26. The van der Waals surface area contributed by atoms with Gasteiger partial charge in [-0.3, -0.25) is 14.2 Å². The topological polar surface area (TPSA) is 67.2 Å². The summed E-state index contributed by atoms with van der Waals surface area (Å²) < 4.78 is 1.50. The van der Waals surface area contributed by atoms with Gasteiger partial charge in [-0.05, 0) is 24.5 Å². The standard InChI is InChI=1S/C15H22N4O2S/c1-3-18(4-2)9-7-16-13(20)5-8-19-11-17-14-12(15(19)21)6-10-22-14/h6,10-11H,3-5,7-9H2,1-2H3,(H,16,20). The third-order valence-electron chi connectivity index (χ3n) is 3.67. The minimum atomic E-state index is -0.0813. The first-order valence-corrected chi connectivity index (χ1v) is 8.45. The summed E-state index contributed by atoms with van der Waals surface area (Å²) in [6.45, 7) is 8.01. The number of carbonyl (C=O) groups is 1. The van der Waals surface area contributed by atoms with Gasteiger partial charge in [0.05, 0.1) is 11.7 Å². The summed E-state index contributed by atoms with van der Waals surface area (Å²) in [6, 6.07) is 1.77. The molecule has 6 nitrogen and oxygen atoms in total. The van der Waals surface area contributed by atoms with Gasteiger partial charge in [0.1, 0.15) is 4.83 Å². The second-order valence-electron chi connectivity index (χ2n) is 5.01. The molecule has 2 heterocycles. The Hall–Kier alpha value is -1.73. The van der Waals surface area contributed by atoms with Crippen molar-refractivity contribution in [2.24, 2.45) is 0 Å². The first-order valence-electron chi connectivity index (χ1n) is 7.57. The number of aryl methyl sites for hydroxylation is 1. The second-order valence-corrected chi connectivity index (χ2v) is 5.90. The number of nitrogens with zero attached hydrogens (tertiary/aromatic N) is 3. The van der Waals surface area contributed by atoms with Crippen LogP contribution in [0.15, 0.2) is 22.6 Å². The zero-order chi connectivity index (χ0) is 15.9. The molecule has 2 aromatic heterocycles. The smallest absolute Gasteiger partial charge is 0.262 e. The number of fused-ring (bicyclic) bond motifs is 1. The average molecular weight is 322 g/mol. The van der Waals surface area contributed by atoms with Gasteiger partial charge in [0.25, 0.3) is 5.56 Å². The molecule has 7 heteroatoms. The number of hydrogen-bond donors (Lipinski definition) is 1. The van der Waals surface area contributed by atoms with E-state index in [4.69, 9.17) is 0 Å².